The Morgan fingerprint density at radius 1 is 0.722 bits per heavy atom. The van der Waals surface area contributed by atoms with Crippen LogP contribution in [0.4, 0.5) is 0 Å². The Hall–Kier alpha value is -1.31. The molecule has 0 heterocycles. The first kappa shape index (κ1) is 11.8. The van der Waals surface area contributed by atoms with Crippen LogP contribution in [0.15, 0.2) is 65.1 Å². The van der Waals surface area contributed by atoms with E-state index in [1.54, 1.807) is 0 Å². The van der Waals surface area contributed by atoms with E-state index in [0.717, 1.165) is 20.6 Å². The predicted molar refractivity (Wildman–Crippen MR) is 82.1 cm³/mol. The van der Waals surface area contributed by atoms with Crippen LogP contribution >= 0.6 is 27.5 Å². The molecule has 0 radical (unpaired) electrons. The van der Waals surface area contributed by atoms with E-state index in [9.17, 15) is 0 Å². The topological polar surface area (TPSA) is 0 Å². The molecule has 0 aromatic heterocycles. The largest absolute Gasteiger partial charge is 0.0837 e. The SMILES string of the molecule is Clc1ccccc1-c1cc2ccccc2cc1Br. The number of hydrogen-bond donors (Lipinski definition) is 0. The summed E-state index contributed by atoms with van der Waals surface area (Å²) in [6.45, 7) is 0. The molecule has 0 saturated heterocycles. The summed E-state index contributed by atoms with van der Waals surface area (Å²) in [7, 11) is 0. The third-order valence-corrected chi connectivity index (χ3v) is 3.99. The Labute approximate surface area is 119 Å². The highest BCUT2D eigenvalue weighted by molar-refractivity contribution is 9.10. The summed E-state index contributed by atoms with van der Waals surface area (Å²) in [5.74, 6) is 0. The normalized spacial score (nSPS) is 10.8. The van der Waals surface area contributed by atoms with Gasteiger partial charge in [0, 0.05) is 15.1 Å². The van der Waals surface area contributed by atoms with Gasteiger partial charge in [0.15, 0.2) is 0 Å². The van der Waals surface area contributed by atoms with Gasteiger partial charge in [0.2, 0.25) is 0 Å². The molecule has 0 spiro atoms. The van der Waals surface area contributed by atoms with Crippen molar-refractivity contribution in [3.05, 3.63) is 70.2 Å². The molecular weight excluding hydrogens is 308 g/mol. The fourth-order valence-electron chi connectivity index (χ4n) is 2.10. The molecule has 0 aliphatic heterocycles. The Morgan fingerprint density at radius 3 is 2.06 bits per heavy atom. The zero-order valence-corrected chi connectivity index (χ0v) is 11.9. The highest BCUT2D eigenvalue weighted by Crippen LogP contribution is 2.35. The third-order valence-electron chi connectivity index (χ3n) is 3.00. The van der Waals surface area contributed by atoms with Gasteiger partial charge < -0.3 is 0 Å². The van der Waals surface area contributed by atoms with Crippen LogP contribution in [0.2, 0.25) is 5.02 Å². The highest BCUT2D eigenvalue weighted by atomic mass is 79.9. The fourth-order valence-corrected chi connectivity index (χ4v) is 2.91. The van der Waals surface area contributed by atoms with E-state index in [1.807, 2.05) is 36.4 Å². The zero-order valence-electron chi connectivity index (χ0n) is 9.53. The quantitative estimate of drug-likeness (QED) is 0.522. The van der Waals surface area contributed by atoms with E-state index in [4.69, 9.17) is 11.6 Å². The van der Waals surface area contributed by atoms with E-state index in [2.05, 4.69) is 40.2 Å². The van der Waals surface area contributed by atoms with Gasteiger partial charge in [-0.2, -0.15) is 0 Å². The van der Waals surface area contributed by atoms with E-state index < -0.39 is 0 Å². The van der Waals surface area contributed by atoms with Gasteiger partial charge in [-0.1, -0.05) is 70.0 Å². The van der Waals surface area contributed by atoms with E-state index in [0.29, 0.717) is 0 Å². The number of halogens is 2. The van der Waals surface area contributed by atoms with Gasteiger partial charge in [-0.3, -0.25) is 0 Å². The summed E-state index contributed by atoms with van der Waals surface area (Å²) in [6.07, 6.45) is 0. The number of benzene rings is 3. The van der Waals surface area contributed by atoms with Crippen LogP contribution in [0.3, 0.4) is 0 Å². The molecule has 0 aliphatic carbocycles. The van der Waals surface area contributed by atoms with Crippen molar-refractivity contribution >= 4 is 38.3 Å². The molecule has 0 fully saturated rings. The lowest BCUT2D eigenvalue weighted by atomic mass is 10.0. The first-order chi connectivity index (χ1) is 8.75. The minimum absolute atomic E-state index is 0.772. The Morgan fingerprint density at radius 2 is 1.33 bits per heavy atom. The first-order valence-corrected chi connectivity index (χ1v) is 6.86. The number of rotatable bonds is 1. The standard InChI is InChI=1S/C16H10BrCl/c17-15-10-12-6-2-1-5-11(12)9-14(15)13-7-3-4-8-16(13)18/h1-10H. The van der Waals surface area contributed by atoms with E-state index in [1.165, 1.54) is 10.8 Å². The molecule has 18 heavy (non-hydrogen) atoms. The van der Waals surface area contributed by atoms with Crippen molar-refractivity contribution in [3.63, 3.8) is 0 Å². The van der Waals surface area contributed by atoms with Crippen LogP contribution in [-0.4, -0.2) is 0 Å². The lowest BCUT2D eigenvalue weighted by molar-refractivity contribution is 1.61. The van der Waals surface area contributed by atoms with Crippen LogP contribution in [0.25, 0.3) is 21.9 Å². The molecule has 3 rings (SSSR count). The van der Waals surface area contributed by atoms with Crippen molar-refractivity contribution in [1.82, 2.24) is 0 Å². The van der Waals surface area contributed by atoms with E-state index in [-0.39, 0.29) is 0 Å². The van der Waals surface area contributed by atoms with Gasteiger partial charge >= 0.3 is 0 Å². The molecule has 2 heteroatoms. The van der Waals surface area contributed by atoms with Crippen molar-refractivity contribution in [2.24, 2.45) is 0 Å². The van der Waals surface area contributed by atoms with Gasteiger partial charge in [0.25, 0.3) is 0 Å². The van der Waals surface area contributed by atoms with Gasteiger partial charge in [0.1, 0.15) is 0 Å². The monoisotopic (exact) mass is 316 g/mol. The molecule has 0 atom stereocenters. The summed E-state index contributed by atoms with van der Waals surface area (Å²) in [6, 6.07) is 20.5. The van der Waals surface area contributed by atoms with Crippen molar-refractivity contribution in [3.8, 4) is 11.1 Å². The number of hydrogen-bond acceptors (Lipinski definition) is 0. The van der Waals surface area contributed by atoms with Crippen LogP contribution < -0.4 is 0 Å². The molecule has 0 nitrogen and oxygen atoms in total. The second-order valence-electron chi connectivity index (χ2n) is 4.16. The maximum absolute atomic E-state index is 6.26. The highest BCUT2D eigenvalue weighted by Gasteiger charge is 2.08. The second kappa shape index (κ2) is 4.75. The second-order valence-corrected chi connectivity index (χ2v) is 5.42. The summed E-state index contributed by atoms with van der Waals surface area (Å²) < 4.78 is 1.06. The third kappa shape index (κ3) is 2.05. The minimum Gasteiger partial charge on any atom is -0.0837 e. The minimum atomic E-state index is 0.772. The van der Waals surface area contributed by atoms with Gasteiger partial charge in [-0.15, -0.1) is 0 Å². The summed E-state index contributed by atoms with van der Waals surface area (Å²) in [5, 5.41) is 3.21. The zero-order chi connectivity index (χ0) is 12.5. The lowest BCUT2D eigenvalue weighted by Crippen LogP contribution is -1.83. The van der Waals surface area contributed by atoms with E-state index >= 15 is 0 Å². The Kier molecular flexibility index (Phi) is 3.11. The Bertz CT molecular complexity index is 719. The van der Waals surface area contributed by atoms with Crippen molar-refractivity contribution < 1.29 is 0 Å². The number of fused-ring (bicyclic) bond motifs is 1. The van der Waals surface area contributed by atoms with Crippen LogP contribution in [0.1, 0.15) is 0 Å². The van der Waals surface area contributed by atoms with Crippen LogP contribution in [0.5, 0.6) is 0 Å². The lowest BCUT2D eigenvalue weighted by Gasteiger charge is -2.09. The smallest absolute Gasteiger partial charge is 0.0484 e. The van der Waals surface area contributed by atoms with Crippen molar-refractivity contribution in [1.29, 1.82) is 0 Å². The van der Waals surface area contributed by atoms with Crippen molar-refractivity contribution in [2.75, 3.05) is 0 Å². The molecule has 0 amide bonds. The van der Waals surface area contributed by atoms with Gasteiger partial charge in [-0.25, -0.2) is 0 Å². The molecule has 0 saturated carbocycles. The molecule has 0 unspecified atom stereocenters. The summed E-state index contributed by atoms with van der Waals surface area (Å²) >= 11 is 9.89. The van der Waals surface area contributed by atoms with Gasteiger partial charge in [0.05, 0.1) is 0 Å². The van der Waals surface area contributed by atoms with Crippen LogP contribution in [-0.2, 0) is 0 Å². The Balaban J connectivity index is 2.30. The van der Waals surface area contributed by atoms with Gasteiger partial charge in [-0.05, 0) is 34.5 Å². The fraction of sp³-hybridized carbons (Fsp3) is 0. The molecule has 0 aliphatic rings. The average Bonchev–Trinajstić information content (AvgIpc) is 2.39. The van der Waals surface area contributed by atoms with Crippen LogP contribution in [0, 0.1) is 0 Å². The van der Waals surface area contributed by atoms with Crippen molar-refractivity contribution in [2.45, 2.75) is 0 Å². The summed E-state index contributed by atoms with van der Waals surface area (Å²) in [5.41, 5.74) is 2.18. The summed E-state index contributed by atoms with van der Waals surface area (Å²) in [4.78, 5) is 0. The maximum atomic E-state index is 6.26. The molecule has 3 aromatic rings. The molecular formula is C16H10BrCl. The molecule has 0 bridgehead atoms. The molecule has 88 valence electrons. The molecule has 3 aromatic carbocycles. The first-order valence-electron chi connectivity index (χ1n) is 5.69. The predicted octanol–water partition coefficient (Wildman–Crippen LogP) is 5.92. The average molecular weight is 318 g/mol. The molecule has 0 N–H and O–H groups in total. The maximum Gasteiger partial charge on any atom is 0.0484 e.